The summed E-state index contributed by atoms with van der Waals surface area (Å²) in [6, 6.07) is 6.51. The second-order valence-corrected chi connectivity index (χ2v) is 4.49. The van der Waals surface area contributed by atoms with Crippen LogP contribution in [0.3, 0.4) is 0 Å². The highest BCUT2D eigenvalue weighted by atomic mass is 14.0. The van der Waals surface area contributed by atoms with Gasteiger partial charge in [0.15, 0.2) is 0 Å². The SMILES string of the molecule is C.C=C/C=C/c1cc(C)cc(C(/C=C\C)=C/C=C)c1.C=CC.CC. The van der Waals surface area contributed by atoms with Gasteiger partial charge >= 0.3 is 0 Å². The van der Waals surface area contributed by atoms with Gasteiger partial charge in [0.05, 0.1) is 0 Å². The standard InChI is InChI=1S/C18H20.C3H6.C2H6.CH4/c1-5-8-11-16-12-15(4)13-18(14-16)17(9-6-2)10-7-3;1-3-2;1-2;/h5-14H,1-2H2,3-4H3;3H,1H2,2H3;1-2H3;1H4/b10-7-,11-8+,17-9+;;;. The highest BCUT2D eigenvalue weighted by molar-refractivity contribution is 5.77. The van der Waals surface area contributed by atoms with Crippen LogP contribution in [0.25, 0.3) is 11.6 Å². The van der Waals surface area contributed by atoms with Gasteiger partial charge < -0.3 is 0 Å². The van der Waals surface area contributed by atoms with Gasteiger partial charge in [0, 0.05) is 0 Å². The van der Waals surface area contributed by atoms with Gasteiger partial charge in [-0.05, 0) is 49.1 Å². The van der Waals surface area contributed by atoms with Crippen molar-refractivity contribution < 1.29 is 0 Å². The van der Waals surface area contributed by atoms with E-state index in [0.29, 0.717) is 0 Å². The van der Waals surface area contributed by atoms with Crippen LogP contribution in [-0.2, 0) is 0 Å². The maximum Gasteiger partial charge on any atom is -0.0176 e. The van der Waals surface area contributed by atoms with E-state index < -0.39 is 0 Å². The lowest BCUT2D eigenvalue weighted by Crippen LogP contribution is -1.85. The Morgan fingerprint density at radius 2 is 1.54 bits per heavy atom. The fraction of sp³-hybridized carbons (Fsp3) is 0.250. The van der Waals surface area contributed by atoms with E-state index in [1.165, 1.54) is 22.3 Å². The molecule has 0 heteroatoms. The number of rotatable bonds is 5. The van der Waals surface area contributed by atoms with E-state index in [1.54, 1.807) is 12.2 Å². The molecule has 0 saturated carbocycles. The van der Waals surface area contributed by atoms with Gasteiger partial charge in [-0.3, -0.25) is 0 Å². The summed E-state index contributed by atoms with van der Waals surface area (Å²) in [5.74, 6) is 0. The Balaban J connectivity index is -0.000000660. The molecule has 0 radical (unpaired) electrons. The first kappa shape index (κ1) is 26.6. The lowest BCUT2D eigenvalue weighted by Gasteiger charge is -2.06. The first-order chi connectivity index (χ1) is 11.1. The van der Waals surface area contributed by atoms with Crippen molar-refractivity contribution in [3.8, 4) is 0 Å². The average molecular weight is 325 g/mol. The summed E-state index contributed by atoms with van der Waals surface area (Å²) in [6.07, 6.45) is 15.5. The van der Waals surface area contributed by atoms with Crippen molar-refractivity contribution >= 4 is 11.6 Å². The topological polar surface area (TPSA) is 0 Å². The lowest BCUT2D eigenvalue weighted by atomic mass is 9.99. The van der Waals surface area contributed by atoms with Crippen LogP contribution in [0.1, 0.15) is 51.8 Å². The molecule has 1 aromatic rings. The van der Waals surface area contributed by atoms with Crippen molar-refractivity contribution in [1.29, 1.82) is 0 Å². The fourth-order valence-electron chi connectivity index (χ4n) is 1.81. The zero-order valence-corrected chi connectivity index (χ0v) is 15.5. The Labute approximate surface area is 151 Å². The first-order valence-electron chi connectivity index (χ1n) is 8.06. The highest BCUT2D eigenvalue weighted by Crippen LogP contribution is 2.20. The molecule has 0 saturated heterocycles. The molecule has 24 heavy (non-hydrogen) atoms. The number of aryl methyl sites for hydroxylation is 1. The summed E-state index contributed by atoms with van der Waals surface area (Å²) in [4.78, 5) is 0. The Morgan fingerprint density at radius 3 is 2.00 bits per heavy atom. The summed E-state index contributed by atoms with van der Waals surface area (Å²) in [5.41, 5.74) is 4.81. The Bertz CT molecular complexity index is 551. The number of allylic oxidation sites excluding steroid dienone is 8. The molecule has 0 amide bonds. The molecule has 0 spiro atoms. The van der Waals surface area contributed by atoms with E-state index in [1.807, 2.05) is 52.0 Å². The Kier molecular flexibility index (Phi) is 20.7. The number of hydrogen-bond acceptors (Lipinski definition) is 0. The van der Waals surface area contributed by atoms with E-state index >= 15 is 0 Å². The zero-order valence-electron chi connectivity index (χ0n) is 15.5. The minimum absolute atomic E-state index is 0. The monoisotopic (exact) mass is 324 g/mol. The van der Waals surface area contributed by atoms with E-state index in [4.69, 9.17) is 0 Å². The van der Waals surface area contributed by atoms with Crippen molar-refractivity contribution in [2.45, 2.75) is 42.0 Å². The summed E-state index contributed by atoms with van der Waals surface area (Å²) in [6.45, 7) is 20.8. The lowest BCUT2D eigenvalue weighted by molar-refractivity contribution is 1.43. The molecule has 1 rings (SSSR count). The van der Waals surface area contributed by atoms with Crippen LogP contribution in [0, 0.1) is 6.92 Å². The van der Waals surface area contributed by atoms with E-state index in [-0.39, 0.29) is 7.43 Å². The molecule has 0 aliphatic rings. The summed E-state index contributed by atoms with van der Waals surface area (Å²) in [5, 5.41) is 0. The van der Waals surface area contributed by atoms with E-state index in [9.17, 15) is 0 Å². The van der Waals surface area contributed by atoms with Crippen molar-refractivity contribution in [2.24, 2.45) is 0 Å². The first-order valence-corrected chi connectivity index (χ1v) is 8.06. The van der Waals surface area contributed by atoms with Crippen LogP contribution < -0.4 is 0 Å². The van der Waals surface area contributed by atoms with Crippen LogP contribution >= 0.6 is 0 Å². The maximum atomic E-state index is 3.77. The van der Waals surface area contributed by atoms with Crippen molar-refractivity contribution in [1.82, 2.24) is 0 Å². The summed E-state index contributed by atoms with van der Waals surface area (Å²) in [7, 11) is 0. The molecule has 0 nitrogen and oxygen atoms in total. The molecular formula is C24H36. The Morgan fingerprint density at radius 1 is 0.958 bits per heavy atom. The van der Waals surface area contributed by atoms with Crippen LogP contribution in [0.2, 0.25) is 0 Å². The molecule has 0 aromatic heterocycles. The molecule has 0 N–H and O–H groups in total. The summed E-state index contributed by atoms with van der Waals surface area (Å²) >= 11 is 0. The molecule has 0 aliphatic heterocycles. The van der Waals surface area contributed by atoms with Crippen LogP contribution in [0.15, 0.2) is 80.5 Å². The van der Waals surface area contributed by atoms with Crippen molar-refractivity contribution in [3.63, 3.8) is 0 Å². The van der Waals surface area contributed by atoms with Gasteiger partial charge in [0.2, 0.25) is 0 Å². The molecule has 0 aliphatic carbocycles. The molecular weight excluding hydrogens is 288 g/mol. The normalized spacial score (nSPS) is 9.96. The average Bonchev–Trinajstić information content (AvgIpc) is 2.55. The molecule has 0 atom stereocenters. The van der Waals surface area contributed by atoms with Gasteiger partial charge in [-0.1, -0.05) is 95.2 Å². The second-order valence-electron chi connectivity index (χ2n) is 4.49. The molecule has 132 valence electrons. The predicted octanol–water partition coefficient (Wildman–Crippen LogP) is 8.19. The predicted molar refractivity (Wildman–Crippen MR) is 117 cm³/mol. The largest absolute Gasteiger partial charge is 0.103 e. The van der Waals surface area contributed by atoms with E-state index in [0.717, 1.165) is 0 Å². The number of hydrogen-bond donors (Lipinski definition) is 0. The minimum atomic E-state index is 0. The van der Waals surface area contributed by atoms with Crippen LogP contribution in [0.5, 0.6) is 0 Å². The number of benzene rings is 1. The van der Waals surface area contributed by atoms with Gasteiger partial charge in [-0.15, -0.1) is 6.58 Å². The minimum Gasteiger partial charge on any atom is -0.103 e. The van der Waals surface area contributed by atoms with Crippen LogP contribution in [-0.4, -0.2) is 0 Å². The van der Waals surface area contributed by atoms with Gasteiger partial charge in [0.25, 0.3) is 0 Å². The highest BCUT2D eigenvalue weighted by Gasteiger charge is 2.00. The molecule has 0 bridgehead atoms. The quantitative estimate of drug-likeness (QED) is 0.378. The van der Waals surface area contributed by atoms with Gasteiger partial charge in [0.1, 0.15) is 0 Å². The molecule has 1 aromatic carbocycles. The third-order valence-electron chi connectivity index (χ3n) is 2.50. The Hall–Kier alpha value is -2.34. The van der Waals surface area contributed by atoms with Crippen molar-refractivity contribution in [2.75, 3.05) is 0 Å². The van der Waals surface area contributed by atoms with Gasteiger partial charge in [-0.2, -0.15) is 0 Å². The fourth-order valence-corrected chi connectivity index (χ4v) is 1.81. The second kappa shape index (κ2) is 18.7. The third-order valence-corrected chi connectivity index (χ3v) is 2.50. The van der Waals surface area contributed by atoms with Crippen molar-refractivity contribution in [3.05, 3.63) is 97.2 Å². The molecule has 0 unspecified atom stereocenters. The molecule has 0 fully saturated rings. The van der Waals surface area contributed by atoms with E-state index in [2.05, 4.69) is 57.0 Å². The summed E-state index contributed by atoms with van der Waals surface area (Å²) < 4.78 is 0. The van der Waals surface area contributed by atoms with Gasteiger partial charge in [-0.25, -0.2) is 0 Å². The maximum absolute atomic E-state index is 3.77. The smallest absolute Gasteiger partial charge is 0.0176 e. The molecule has 0 heterocycles. The van der Waals surface area contributed by atoms with Crippen LogP contribution in [0.4, 0.5) is 0 Å². The zero-order chi connectivity index (χ0) is 18.1. The third kappa shape index (κ3) is 12.2.